The van der Waals surface area contributed by atoms with E-state index < -0.39 is 15.9 Å². The van der Waals surface area contributed by atoms with Gasteiger partial charge in [0.25, 0.3) is 0 Å². The van der Waals surface area contributed by atoms with E-state index in [1.807, 2.05) is 0 Å². The number of hydrogen-bond donors (Lipinski definition) is 3. The summed E-state index contributed by atoms with van der Waals surface area (Å²) in [5.74, 6) is -0.435. The molecule has 0 aliphatic heterocycles. The summed E-state index contributed by atoms with van der Waals surface area (Å²) >= 11 is 0. The summed E-state index contributed by atoms with van der Waals surface area (Å²) in [6, 6.07) is 4.30. The third-order valence-electron chi connectivity index (χ3n) is 2.26. The fraction of sp³-hybridized carbons (Fsp3) is 0.364. The smallest absolute Gasteiger partial charge is 0.244 e. The van der Waals surface area contributed by atoms with E-state index in [0.717, 1.165) is 0 Å². The Balaban J connectivity index is 2.69. The van der Waals surface area contributed by atoms with Crippen molar-refractivity contribution in [2.75, 3.05) is 32.6 Å². The summed E-state index contributed by atoms with van der Waals surface area (Å²) in [6.45, 7) is -0.246. The van der Waals surface area contributed by atoms with Gasteiger partial charge in [0.1, 0.15) is 17.3 Å². The van der Waals surface area contributed by atoms with Crippen LogP contribution in [0.25, 0.3) is 0 Å². The van der Waals surface area contributed by atoms with Crippen molar-refractivity contribution in [3.63, 3.8) is 0 Å². The second-order valence-electron chi connectivity index (χ2n) is 3.83. The lowest BCUT2D eigenvalue weighted by Crippen LogP contribution is -2.29. The van der Waals surface area contributed by atoms with Crippen molar-refractivity contribution >= 4 is 21.6 Å². The Hall–Kier alpha value is -1.84. The van der Waals surface area contributed by atoms with Crippen molar-refractivity contribution in [3.8, 4) is 5.75 Å². The summed E-state index contributed by atoms with van der Waals surface area (Å²) in [5, 5.41) is 0. The largest absolute Gasteiger partial charge is 0.495 e. The molecule has 0 aliphatic rings. The maximum absolute atomic E-state index is 12.1. The highest BCUT2D eigenvalue weighted by atomic mass is 32.2. The van der Waals surface area contributed by atoms with Crippen LogP contribution in [0.2, 0.25) is 0 Å². The van der Waals surface area contributed by atoms with Gasteiger partial charge in [0.15, 0.2) is 0 Å². The molecule has 20 heavy (non-hydrogen) atoms. The van der Waals surface area contributed by atoms with Gasteiger partial charge in [0, 0.05) is 12.2 Å². The first-order valence-corrected chi connectivity index (χ1v) is 7.14. The van der Waals surface area contributed by atoms with Gasteiger partial charge in [-0.25, -0.2) is 13.1 Å². The van der Waals surface area contributed by atoms with Crippen LogP contribution < -0.4 is 20.9 Å². The van der Waals surface area contributed by atoms with Crippen LogP contribution in [0.5, 0.6) is 5.75 Å². The summed E-state index contributed by atoms with van der Waals surface area (Å²) in [4.78, 5) is 10.4. The molecular formula is C11H17N3O5S. The van der Waals surface area contributed by atoms with Crippen molar-refractivity contribution in [2.45, 2.75) is 4.90 Å². The van der Waals surface area contributed by atoms with Crippen LogP contribution in [-0.2, 0) is 19.6 Å². The van der Waals surface area contributed by atoms with Gasteiger partial charge in [-0.2, -0.15) is 0 Å². The molecule has 1 amide bonds. The third-order valence-corrected chi connectivity index (χ3v) is 3.74. The van der Waals surface area contributed by atoms with Gasteiger partial charge in [-0.05, 0) is 18.2 Å². The van der Waals surface area contributed by atoms with Crippen LogP contribution in [0, 0.1) is 0 Å². The molecule has 0 saturated heterocycles. The van der Waals surface area contributed by atoms with Gasteiger partial charge in [-0.3, -0.25) is 4.79 Å². The van der Waals surface area contributed by atoms with Crippen molar-refractivity contribution in [2.24, 2.45) is 5.73 Å². The Morgan fingerprint density at radius 3 is 2.70 bits per heavy atom. The molecule has 0 aliphatic carbocycles. The van der Waals surface area contributed by atoms with E-state index >= 15 is 0 Å². The number of carbonyl (C=O) groups excluding carboxylic acids is 1. The van der Waals surface area contributed by atoms with Crippen LogP contribution in [0.3, 0.4) is 0 Å². The molecule has 0 heterocycles. The third kappa shape index (κ3) is 4.68. The van der Waals surface area contributed by atoms with E-state index in [1.54, 1.807) is 0 Å². The quantitative estimate of drug-likeness (QED) is 0.419. The van der Waals surface area contributed by atoms with Crippen LogP contribution in [-0.4, -0.2) is 41.2 Å². The standard InChI is InChI=1S/C11H17N3O5S/c1-18-9-3-2-8(12)6-10(9)20(16,17)14-4-5-19-7-11(13)15/h2-3,6,14H,4-5,7,12H2,1H3,(H2,13,15). The second-order valence-corrected chi connectivity index (χ2v) is 5.56. The fourth-order valence-electron chi connectivity index (χ4n) is 1.40. The molecule has 0 saturated carbocycles. The molecule has 112 valence electrons. The number of amides is 1. The average Bonchev–Trinajstić information content (AvgIpc) is 2.37. The van der Waals surface area contributed by atoms with E-state index in [4.69, 9.17) is 20.9 Å². The molecule has 1 rings (SSSR count). The fourth-order valence-corrected chi connectivity index (χ4v) is 2.62. The van der Waals surface area contributed by atoms with Crippen molar-refractivity contribution in [1.82, 2.24) is 4.72 Å². The maximum Gasteiger partial charge on any atom is 0.244 e. The number of ether oxygens (including phenoxy) is 2. The van der Waals surface area contributed by atoms with E-state index in [1.165, 1.54) is 25.3 Å². The second kappa shape index (κ2) is 7.08. The first-order valence-electron chi connectivity index (χ1n) is 5.66. The lowest BCUT2D eigenvalue weighted by molar-refractivity contribution is -0.122. The Labute approximate surface area is 117 Å². The van der Waals surface area contributed by atoms with Crippen LogP contribution in [0.4, 0.5) is 5.69 Å². The molecule has 0 unspecified atom stereocenters. The molecule has 0 spiro atoms. The molecule has 5 N–H and O–H groups in total. The zero-order valence-corrected chi connectivity index (χ0v) is 11.8. The topological polar surface area (TPSA) is 134 Å². The highest BCUT2D eigenvalue weighted by Gasteiger charge is 2.19. The number of carbonyl (C=O) groups is 1. The van der Waals surface area contributed by atoms with Crippen molar-refractivity contribution < 1.29 is 22.7 Å². The summed E-state index contributed by atoms with van der Waals surface area (Å²) in [6.07, 6.45) is 0. The molecule has 0 bridgehead atoms. The first kappa shape index (κ1) is 16.2. The first-order chi connectivity index (χ1) is 9.36. The zero-order valence-electron chi connectivity index (χ0n) is 11.0. The van der Waals surface area contributed by atoms with Gasteiger partial charge < -0.3 is 20.9 Å². The predicted molar refractivity (Wildman–Crippen MR) is 72.6 cm³/mol. The van der Waals surface area contributed by atoms with Gasteiger partial charge in [-0.15, -0.1) is 0 Å². The zero-order chi connectivity index (χ0) is 15.2. The lowest BCUT2D eigenvalue weighted by atomic mass is 10.3. The summed E-state index contributed by atoms with van der Waals surface area (Å²) < 4.78 is 36.3. The van der Waals surface area contributed by atoms with E-state index in [9.17, 15) is 13.2 Å². The number of primary amides is 1. The molecular weight excluding hydrogens is 286 g/mol. The molecule has 0 atom stereocenters. The monoisotopic (exact) mass is 303 g/mol. The van der Waals surface area contributed by atoms with E-state index in [-0.39, 0.29) is 30.4 Å². The molecule has 0 radical (unpaired) electrons. The molecule has 0 aromatic heterocycles. The Bertz CT molecular complexity index is 573. The van der Waals surface area contributed by atoms with Gasteiger partial charge in [0.2, 0.25) is 15.9 Å². The molecule has 0 fully saturated rings. The maximum atomic E-state index is 12.1. The Morgan fingerprint density at radius 1 is 1.40 bits per heavy atom. The highest BCUT2D eigenvalue weighted by molar-refractivity contribution is 7.89. The van der Waals surface area contributed by atoms with Crippen LogP contribution in [0.15, 0.2) is 23.1 Å². The van der Waals surface area contributed by atoms with Crippen molar-refractivity contribution in [1.29, 1.82) is 0 Å². The molecule has 9 heteroatoms. The SMILES string of the molecule is COc1ccc(N)cc1S(=O)(=O)NCCOCC(N)=O. The van der Waals surface area contributed by atoms with E-state index in [0.29, 0.717) is 5.69 Å². The normalized spacial score (nSPS) is 11.2. The van der Waals surface area contributed by atoms with Crippen LogP contribution >= 0.6 is 0 Å². The minimum atomic E-state index is -3.78. The van der Waals surface area contributed by atoms with Crippen molar-refractivity contribution in [3.05, 3.63) is 18.2 Å². The Kier molecular flexibility index (Phi) is 5.74. The summed E-state index contributed by atoms with van der Waals surface area (Å²) in [5.41, 5.74) is 10.7. The Morgan fingerprint density at radius 2 is 2.10 bits per heavy atom. The number of benzene rings is 1. The number of methoxy groups -OCH3 is 1. The predicted octanol–water partition coefficient (Wildman–Crippen LogP) is -0.942. The number of nitrogens with one attached hydrogen (secondary N) is 1. The number of anilines is 1. The molecule has 1 aromatic rings. The minimum Gasteiger partial charge on any atom is -0.495 e. The minimum absolute atomic E-state index is 0.00638. The van der Waals surface area contributed by atoms with E-state index in [2.05, 4.69) is 4.72 Å². The van der Waals surface area contributed by atoms with Gasteiger partial charge in [0.05, 0.1) is 13.7 Å². The number of nitrogens with two attached hydrogens (primary N) is 2. The summed E-state index contributed by atoms with van der Waals surface area (Å²) in [7, 11) is -2.42. The van der Waals surface area contributed by atoms with Gasteiger partial charge >= 0.3 is 0 Å². The molecule has 1 aromatic carbocycles. The lowest BCUT2D eigenvalue weighted by Gasteiger charge is -2.11. The number of hydrogen-bond acceptors (Lipinski definition) is 6. The average molecular weight is 303 g/mol. The number of nitrogen functional groups attached to an aromatic ring is 1. The number of rotatable bonds is 8. The number of sulfonamides is 1. The molecule has 8 nitrogen and oxygen atoms in total. The van der Waals surface area contributed by atoms with Crippen LogP contribution in [0.1, 0.15) is 0 Å². The van der Waals surface area contributed by atoms with Gasteiger partial charge in [-0.1, -0.05) is 0 Å². The highest BCUT2D eigenvalue weighted by Crippen LogP contribution is 2.25.